The highest BCUT2D eigenvalue weighted by molar-refractivity contribution is 5.86. The number of carboxylic acids is 1. The average molecular weight is 205 g/mol. The summed E-state index contributed by atoms with van der Waals surface area (Å²) >= 11 is 0. The van der Waals surface area contributed by atoms with Crippen LogP contribution in [0.1, 0.15) is 5.56 Å². The normalized spacial score (nSPS) is 11.2. The van der Waals surface area contributed by atoms with Crippen molar-refractivity contribution in [3.05, 3.63) is 34.4 Å². The summed E-state index contributed by atoms with van der Waals surface area (Å²) in [7, 11) is 0. The maximum absolute atomic E-state index is 10.9. The molecule has 0 bridgehead atoms. The van der Waals surface area contributed by atoms with Gasteiger partial charge in [-0.25, -0.2) is 14.6 Å². The van der Waals surface area contributed by atoms with Gasteiger partial charge in [-0.2, -0.15) is 0 Å². The number of carbonyl (C=O) groups is 1. The molecule has 0 unspecified atom stereocenters. The van der Waals surface area contributed by atoms with Gasteiger partial charge in [0.05, 0.1) is 5.52 Å². The molecule has 0 atom stereocenters. The third-order valence-electron chi connectivity index (χ3n) is 1.81. The molecule has 2 aromatic rings. The summed E-state index contributed by atoms with van der Waals surface area (Å²) < 4.78 is 0. The lowest BCUT2D eigenvalue weighted by Gasteiger charge is -1.91. The van der Waals surface area contributed by atoms with Gasteiger partial charge < -0.3 is 10.1 Å². The summed E-state index contributed by atoms with van der Waals surface area (Å²) in [6.45, 7) is 0. The standard InChI is InChI=1S/C9H7N3O3/c13-7(14)2-1-5-3-6-8(10-4-5)12-9(15)11-6/h1-4H,(H,13,14)(H2,10,11,12,15)/b2-1+. The largest absolute Gasteiger partial charge is 0.478 e. The predicted molar refractivity (Wildman–Crippen MR) is 53.4 cm³/mol. The highest BCUT2D eigenvalue weighted by atomic mass is 16.4. The fraction of sp³-hybridized carbons (Fsp3) is 0. The Morgan fingerprint density at radius 2 is 2.27 bits per heavy atom. The smallest absolute Gasteiger partial charge is 0.328 e. The van der Waals surface area contributed by atoms with Gasteiger partial charge in [0.25, 0.3) is 0 Å². The number of aromatic amines is 2. The second kappa shape index (κ2) is 3.41. The zero-order chi connectivity index (χ0) is 10.8. The maximum Gasteiger partial charge on any atom is 0.328 e. The van der Waals surface area contributed by atoms with Crippen molar-refractivity contribution < 1.29 is 9.90 Å². The highest BCUT2D eigenvalue weighted by Crippen LogP contribution is 2.07. The number of nitrogens with one attached hydrogen (secondary N) is 2. The number of rotatable bonds is 2. The zero-order valence-corrected chi connectivity index (χ0v) is 7.52. The monoisotopic (exact) mass is 205 g/mol. The number of carboxylic acid groups (broad SMARTS) is 1. The molecule has 6 nitrogen and oxygen atoms in total. The number of hydrogen-bond acceptors (Lipinski definition) is 3. The molecule has 3 N–H and O–H groups in total. The number of nitrogens with zero attached hydrogens (tertiary/aromatic N) is 1. The fourth-order valence-corrected chi connectivity index (χ4v) is 1.20. The summed E-state index contributed by atoms with van der Waals surface area (Å²) in [6.07, 6.45) is 3.89. The van der Waals surface area contributed by atoms with Gasteiger partial charge in [-0.05, 0) is 17.7 Å². The third kappa shape index (κ3) is 1.93. The van der Waals surface area contributed by atoms with Gasteiger partial charge >= 0.3 is 11.7 Å². The van der Waals surface area contributed by atoms with Crippen LogP contribution in [0.5, 0.6) is 0 Å². The third-order valence-corrected chi connectivity index (χ3v) is 1.81. The molecule has 0 radical (unpaired) electrons. The molecule has 2 rings (SSSR count). The van der Waals surface area contributed by atoms with Crippen molar-refractivity contribution in [2.24, 2.45) is 0 Å². The summed E-state index contributed by atoms with van der Waals surface area (Å²) in [6, 6.07) is 1.64. The first-order chi connectivity index (χ1) is 7.15. The first-order valence-corrected chi connectivity index (χ1v) is 4.14. The molecule has 0 saturated carbocycles. The van der Waals surface area contributed by atoms with E-state index in [1.807, 2.05) is 0 Å². The number of imidazole rings is 1. The van der Waals surface area contributed by atoms with E-state index in [1.165, 1.54) is 12.3 Å². The second-order valence-electron chi connectivity index (χ2n) is 2.92. The summed E-state index contributed by atoms with van der Waals surface area (Å²) in [4.78, 5) is 30.1. The molecule has 15 heavy (non-hydrogen) atoms. The maximum atomic E-state index is 10.9. The van der Waals surface area contributed by atoms with Gasteiger partial charge in [0.2, 0.25) is 0 Å². The molecular formula is C9H7N3O3. The number of fused-ring (bicyclic) bond motifs is 1. The second-order valence-corrected chi connectivity index (χ2v) is 2.92. The first kappa shape index (κ1) is 9.20. The van der Waals surface area contributed by atoms with Gasteiger partial charge in [-0.3, -0.25) is 4.98 Å². The van der Waals surface area contributed by atoms with E-state index in [2.05, 4.69) is 15.0 Å². The Balaban J connectivity index is 2.46. The van der Waals surface area contributed by atoms with Gasteiger partial charge in [-0.1, -0.05) is 0 Å². The molecule has 0 saturated heterocycles. The van der Waals surface area contributed by atoms with Gasteiger partial charge in [0.1, 0.15) is 0 Å². The first-order valence-electron chi connectivity index (χ1n) is 4.14. The minimum atomic E-state index is -1.03. The molecule has 6 heteroatoms. The van der Waals surface area contributed by atoms with Gasteiger partial charge in [0.15, 0.2) is 5.65 Å². The fourth-order valence-electron chi connectivity index (χ4n) is 1.20. The van der Waals surface area contributed by atoms with Crippen LogP contribution in [0.25, 0.3) is 17.2 Å². The van der Waals surface area contributed by atoms with Crippen LogP contribution < -0.4 is 5.69 Å². The van der Waals surface area contributed by atoms with E-state index >= 15 is 0 Å². The molecule has 0 aromatic carbocycles. The lowest BCUT2D eigenvalue weighted by Crippen LogP contribution is -1.99. The van der Waals surface area contributed by atoms with Crippen LogP contribution in [0, 0.1) is 0 Å². The molecule has 0 aliphatic rings. The Hall–Kier alpha value is -2.37. The Morgan fingerprint density at radius 1 is 1.47 bits per heavy atom. The average Bonchev–Trinajstić information content (AvgIpc) is 2.53. The molecule has 2 aromatic heterocycles. The van der Waals surface area contributed by atoms with Crippen molar-refractivity contribution in [2.45, 2.75) is 0 Å². The SMILES string of the molecule is O=C(O)/C=C/c1cnc2[nH]c(=O)[nH]c2c1. The minimum Gasteiger partial charge on any atom is -0.478 e. The van der Waals surface area contributed by atoms with Crippen LogP contribution in [-0.2, 0) is 4.79 Å². The number of aliphatic carboxylic acids is 1. The van der Waals surface area contributed by atoms with Crippen molar-refractivity contribution in [1.82, 2.24) is 15.0 Å². The van der Waals surface area contributed by atoms with Crippen molar-refractivity contribution >= 4 is 23.2 Å². The van der Waals surface area contributed by atoms with Crippen LogP contribution >= 0.6 is 0 Å². The summed E-state index contributed by atoms with van der Waals surface area (Å²) in [5.41, 5.74) is 1.28. The zero-order valence-electron chi connectivity index (χ0n) is 7.52. The van der Waals surface area contributed by atoms with Crippen LogP contribution in [0.4, 0.5) is 0 Å². The van der Waals surface area contributed by atoms with Crippen LogP contribution in [-0.4, -0.2) is 26.0 Å². The van der Waals surface area contributed by atoms with Crippen LogP contribution in [0.3, 0.4) is 0 Å². The molecule has 0 aliphatic heterocycles. The molecule has 0 spiro atoms. The van der Waals surface area contributed by atoms with Crippen LogP contribution in [0.15, 0.2) is 23.1 Å². The van der Waals surface area contributed by atoms with E-state index < -0.39 is 5.97 Å². The lowest BCUT2D eigenvalue weighted by molar-refractivity contribution is -0.131. The molecular weight excluding hydrogens is 198 g/mol. The molecule has 2 heterocycles. The van der Waals surface area contributed by atoms with E-state index in [4.69, 9.17) is 5.11 Å². The van der Waals surface area contributed by atoms with Crippen molar-refractivity contribution in [3.8, 4) is 0 Å². The Kier molecular flexibility index (Phi) is 2.09. The van der Waals surface area contributed by atoms with Crippen molar-refractivity contribution in [1.29, 1.82) is 0 Å². The quantitative estimate of drug-likeness (QED) is 0.616. The Morgan fingerprint density at radius 3 is 3.00 bits per heavy atom. The molecule has 0 aliphatic carbocycles. The van der Waals surface area contributed by atoms with E-state index in [0.717, 1.165) is 6.08 Å². The number of H-pyrrole nitrogens is 2. The van der Waals surface area contributed by atoms with Gasteiger partial charge in [-0.15, -0.1) is 0 Å². The number of aromatic nitrogens is 3. The predicted octanol–water partition coefficient (Wildman–Crippen LogP) is 0.349. The van der Waals surface area contributed by atoms with Crippen molar-refractivity contribution in [2.75, 3.05) is 0 Å². The van der Waals surface area contributed by atoms with E-state index in [0.29, 0.717) is 16.7 Å². The van der Waals surface area contributed by atoms with Gasteiger partial charge in [0, 0.05) is 12.3 Å². The van der Waals surface area contributed by atoms with Crippen molar-refractivity contribution in [3.63, 3.8) is 0 Å². The molecule has 76 valence electrons. The van der Waals surface area contributed by atoms with Crippen LogP contribution in [0.2, 0.25) is 0 Å². The Labute approximate surface area is 83.3 Å². The summed E-state index contributed by atoms with van der Waals surface area (Å²) in [5, 5.41) is 8.42. The lowest BCUT2D eigenvalue weighted by atomic mass is 10.2. The number of hydrogen-bond donors (Lipinski definition) is 3. The summed E-state index contributed by atoms with van der Waals surface area (Å²) in [5.74, 6) is -1.03. The molecule has 0 fully saturated rings. The number of pyridine rings is 1. The highest BCUT2D eigenvalue weighted by Gasteiger charge is 1.99. The topological polar surface area (TPSA) is 98.8 Å². The minimum absolute atomic E-state index is 0.336. The van der Waals surface area contributed by atoms with E-state index in [1.54, 1.807) is 6.07 Å². The molecule has 0 amide bonds. The van der Waals surface area contributed by atoms with E-state index in [-0.39, 0.29) is 5.69 Å². The van der Waals surface area contributed by atoms with E-state index in [9.17, 15) is 9.59 Å². The Bertz CT molecular complexity index is 594.